The first kappa shape index (κ1) is 12.7. The summed E-state index contributed by atoms with van der Waals surface area (Å²) in [6.07, 6.45) is 6.34. The second-order valence-corrected chi connectivity index (χ2v) is 6.39. The van der Waals surface area contributed by atoms with E-state index in [-0.39, 0.29) is 0 Å². The van der Waals surface area contributed by atoms with Crippen LogP contribution >= 0.6 is 11.3 Å². The zero-order valence-corrected chi connectivity index (χ0v) is 11.8. The topological polar surface area (TPSA) is 77.8 Å². The zero-order chi connectivity index (χ0) is 13.2. The van der Waals surface area contributed by atoms with E-state index < -0.39 is 0 Å². The van der Waals surface area contributed by atoms with Crippen LogP contribution in [0.4, 0.5) is 0 Å². The van der Waals surface area contributed by atoms with Gasteiger partial charge in [-0.1, -0.05) is 5.16 Å². The van der Waals surface area contributed by atoms with Crippen LogP contribution in [-0.2, 0) is 0 Å². The van der Waals surface area contributed by atoms with Gasteiger partial charge >= 0.3 is 0 Å². The standard InChI is InChI=1S/C13H18N4OS/c1-8-15-7-11(19-8)12-16-13(18-17-12)10-4-2-9(6-14)3-5-10/h7,9-10H,2-6,14H2,1H3. The molecular weight excluding hydrogens is 260 g/mol. The van der Waals surface area contributed by atoms with Crippen molar-refractivity contribution in [1.82, 2.24) is 15.1 Å². The molecule has 0 aliphatic heterocycles. The number of rotatable bonds is 3. The number of thiazole rings is 1. The van der Waals surface area contributed by atoms with Crippen LogP contribution in [0.15, 0.2) is 10.7 Å². The van der Waals surface area contributed by atoms with Crippen molar-refractivity contribution < 1.29 is 4.52 Å². The highest BCUT2D eigenvalue weighted by Gasteiger charge is 2.26. The second kappa shape index (κ2) is 5.38. The van der Waals surface area contributed by atoms with Crippen molar-refractivity contribution in [2.75, 3.05) is 6.54 Å². The molecule has 0 amide bonds. The van der Waals surface area contributed by atoms with Crippen molar-refractivity contribution >= 4 is 11.3 Å². The molecule has 1 saturated carbocycles. The first-order valence-electron chi connectivity index (χ1n) is 6.72. The van der Waals surface area contributed by atoms with E-state index in [2.05, 4.69) is 15.1 Å². The first-order valence-corrected chi connectivity index (χ1v) is 7.54. The molecule has 102 valence electrons. The van der Waals surface area contributed by atoms with Gasteiger partial charge in [0, 0.05) is 12.1 Å². The van der Waals surface area contributed by atoms with Gasteiger partial charge in [-0.25, -0.2) is 4.98 Å². The van der Waals surface area contributed by atoms with E-state index in [1.807, 2.05) is 6.92 Å². The summed E-state index contributed by atoms with van der Waals surface area (Å²) in [5.74, 6) is 2.51. The Kier molecular flexibility index (Phi) is 3.61. The van der Waals surface area contributed by atoms with Gasteiger partial charge in [-0.2, -0.15) is 4.98 Å². The number of hydrogen-bond acceptors (Lipinski definition) is 6. The molecule has 5 nitrogen and oxygen atoms in total. The third-order valence-electron chi connectivity index (χ3n) is 3.81. The normalized spacial score (nSPS) is 23.7. The number of nitrogens with two attached hydrogens (primary N) is 1. The molecular formula is C13H18N4OS. The number of nitrogens with zero attached hydrogens (tertiary/aromatic N) is 3. The van der Waals surface area contributed by atoms with E-state index in [4.69, 9.17) is 10.3 Å². The lowest BCUT2D eigenvalue weighted by Gasteiger charge is -2.24. The third kappa shape index (κ3) is 2.69. The van der Waals surface area contributed by atoms with Crippen LogP contribution in [0.1, 0.15) is 42.5 Å². The fourth-order valence-corrected chi connectivity index (χ4v) is 3.31. The highest BCUT2D eigenvalue weighted by molar-refractivity contribution is 7.14. The lowest BCUT2D eigenvalue weighted by atomic mass is 9.82. The zero-order valence-electron chi connectivity index (χ0n) is 11.0. The molecule has 1 aliphatic carbocycles. The molecule has 1 aliphatic rings. The van der Waals surface area contributed by atoms with Crippen molar-refractivity contribution in [2.24, 2.45) is 11.7 Å². The lowest BCUT2D eigenvalue weighted by molar-refractivity contribution is 0.275. The Morgan fingerprint density at radius 3 is 2.79 bits per heavy atom. The molecule has 1 fully saturated rings. The van der Waals surface area contributed by atoms with Crippen LogP contribution in [0, 0.1) is 12.8 Å². The van der Waals surface area contributed by atoms with Crippen LogP contribution in [0.3, 0.4) is 0 Å². The van der Waals surface area contributed by atoms with Crippen LogP contribution < -0.4 is 5.73 Å². The predicted octanol–water partition coefficient (Wildman–Crippen LogP) is 2.73. The first-order chi connectivity index (χ1) is 9.26. The molecule has 19 heavy (non-hydrogen) atoms. The Morgan fingerprint density at radius 2 is 2.16 bits per heavy atom. The molecule has 0 spiro atoms. The summed E-state index contributed by atoms with van der Waals surface area (Å²) in [6, 6.07) is 0. The van der Waals surface area contributed by atoms with E-state index >= 15 is 0 Å². The van der Waals surface area contributed by atoms with Gasteiger partial charge in [0.15, 0.2) is 0 Å². The van der Waals surface area contributed by atoms with E-state index in [0.717, 1.165) is 35.2 Å². The van der Waals surface area contributed by atoms with Gasteiger partial charge in [0.25, 0.3) is 0 Å². The average molecular weight is 278 g/mol. The molecule has 6 heteroatoms. The predicted molar refractivity (Wildman–Crippen MR) is 73.9 cm³/mol. The molecule has 0 bridgehead atoms. The molecule has 0 atom stereocenters. The summed E-state index contributed by atoms with van der Waals surface area (Å²) in [6.45, 7) is 2.77. The largest absolute Gasteiger partial charge is 0.339 e. The van der Waals surface area contributed by atoms with E-state index in [0.29, 0.717) is 17.7 Å². The maximum atomic E-state index is 5.71. The molecule has 3 rings (SSSR count). The molecule has 2 aromatic heterocycles. The van der Waals surface area contributed by atoms with Crippen LogP contribution in [-0.4, -0.2) is 21.7 Å². The number of aryl methyl sites for hydroxylation is 1. The monoisotopic (exact) mass is 278 g/mol. The summed E-state index contributed by atoms with van der Waals surface area (Å²) in [4.78, 5) is 9.72. The van der Waals surface area contributed by atoms with E-state index in [9.17, 15) is 0 Å². The van der Waals surface area contributed by atoms with Gasteiger partial charge < -0.3 is 10.3 Å². The molecule has 2 heterocycles. The Balaban J connectivity index is 1.72. The maximum Gasteiger partial charge on any atom is 0.230 e. The molecule has 2 aromatic rings. The fraction of sp³-hybridized carbons (Fsp3) is 0.615. The Morgan fingerprint density at radius 1 is 1.37 bits per heavy atom. The quantitative estimate of drug-likeness (QED) is 0.934. The summed E-state index contributed by atoms with van der Waals surface area (Å²) in [5, 5.41) is 5.09. The molecule has 0 saturated heterocycles. The molecule has 2 N–H and O–H groups in total. The van der Waals surface area contributed by atoms with Crippen LogP contribution in [0.5, 0.6) is 0 Å². The van der Waals surface area contributed by atoms with Gasteiger partial charge in [0.1, 0.15) is 0 Å². The van der Waals surface area contributed by atoms with E-state index in [1.165, 1.54) is 12.8 Å². The Hall–Kier alpha value is -1.27. The van der Waals surface area contributed by atoms with Crippen LogP contribution in [0.2, 0.25) is 0 Å². The molecule has 0 radical (unpaired) electrons. The summed E-state index contributed by atoms with van der Waals surface area (Å²) in [5.41, 5.74) is 5.71. The Labute approximate surface area is 116 Å². The average Bonchev–Trinajstić information content (AvgIpc) is 3.07. The van der Waals surface area contributed by atoms with E-state index in [1.54, 1.807) is 17.5 Å². The van der Waals surface area contributed by atoms with Crippen molar-refractivity contribution in [3.8, 4) is 10.7 Å². The number of hydrogen-bond donors (Lipinski definition) is 1. The summed E-state index contributed by atoms with van der Waals surface area (Å²) < 4.78 is 5.42. The van der Waals surface area contributed by atoms with Gasteiger partial charge in [-0.3, -0.25) is 0 Å². The van der Waals surface area contributed by atoms with Crippen molar-refractivity contribution in [1.29, 1.82) is 0 Å². The minimum atomic E-state index is 0.401. The summed E-state index contributed by atoms with van der Waals surface area (Å²) >= 11 is 1.59. The van der Waals surface area contributed by atoms with Gasteiger partial charge in [0.2, 0.25) is 11.7 Å². The van der Waals surface area contributed by atoms with Gasteiger partial charge in [-0.05, 0) is 45.1 Å². The fourth-order valence-electron chi connectivity index (χ4n) is 2.61. The highest BCUT2D eigenvalue weighted by atomic mass is 32.1. The lowest BCUT2D eigenvalue weighted by Crippen LogP contribution is -2.20. The number of aromatic nitrogens is 3. The smallest absolute Gasteiger partial charge is 0.230 e. The van der Waals surface area contributed by atoms with Crippen LogP contribution in [0.25, 0.3) is 10.7 Å². The summed E-state index contributed by atoms with van der Waals surface area (Å²) in [7, 11) is 0. The van der Waals surface area contributed by atoms with Crippen molar-refractivity contribution in [2.45, 2.75) is 38.5 Å². The minimum Gasteiger partial charge on any atom is -0.339 e. The van der Waals surface area contributed by atoms with Crippen molar-refractivity contribution in [3.05, 3.63) is 17.1 Å². The molecule has 0 unspecified atom stereocenters. The SMILES string of the molecule is Cc1ncc(-c2noc(C3CCC(CN)CC3)n2)s1. The van der Waals surface area contributed by atoms with Gasteiger partial charge in [0.05, 0.1) is 9.88 Å². The maximum absolute atomic E-state index is 5.71. The van der Waals surface area contributed by atoms with Gasteiger partial charge in [-0.15, -0.1) is 11.3 Å². The minimum absolute atomic E-state index is 0.401. The molecule has 0 aromatic carbocycles. The Bertz CT molecular complexity index is 542. The van der Waals surface area contributed by atoms with Crippen molar-refractivity contribution in [3.63, 3.8) is 0 Å². The second-order valence-electron chi connectivity index (χ2n) is 5.15. The third-order valence-corrected chi connectivity index (χ3v) is 4.72. The highest BCUT2D eigenvalue weighted by Crippen LogP contribution is 2.35.